The van der Waals surface area contributed by atoms with Crippen LogP contribution in [0.3, 0.4) is 0 Å². The Morgan fingerprint density at radius 3 is 2.89 bits per heavy atom. The molecule has 1 aromatic rings. The van der Waals surface area contributed by atoms with Crippen molar-refractivity contribution in [2.24, 2.45) is 5.92 Å². The van der Waals surface area contributed by atoms with Gasteiger partial charge in [0.25, 0.3) is 5.91 Å². The van der Waals surface area contributed by atoms with Crippen LogP contribution in [0, 0.1) is 5.92 Å². The number of aromatic hydroxyl groups is 1. The second-order valence-electron chi connectivity index (χ2n) is 4.99. The molecular formula is C14H18BrNO2. The van der Waals surface area contributed by atoms with E-state index in [0.717, 1.165) is 25.9 Å². The molecule has 1 aliphatic heterocycles. The third kappa shape index (κ3) is 3.05. The molecule has 1 atom stereocenters. The van der Waals surface area contributed by atoms with Crippen LogP contribution in [0.4, 0.5) is 0 Å². The smallest absolute Gasteiger partial charge is 0.253 e. The van der Waals surface area contributed by atoms with Gasteiger partial charge in [0.1, 0.15) is 5.75 Å². The maximum atomic E-state index is 12.3. The van der Waals surface area contributed by atoms with Gasteiger partial charge in [0, 0.05) is 18.7 Å². The van der Waals surface area contributed by atoms with E-state index in [1.807, 2.05) is 4.90 Å². The van der Waals surface area contributed by atoms with Crippen LogP contribution in [0.2, 0.25) is 0 Å². The molecule has 18 heavy (non-hydrogen) atoms. The fraction of sp³-hybridized carbons (Fsp3) is 0.500. The monoisotopic (exact) mass is 311 g/mol. The lowest BCUT2D eigenvalue weighted by atomic mass is 10.0. The van der Waals surface area contributed by atoms with Gasteiger partial charge in [-0.05, 0) is 59.3 Å². The Hall–Kier alpha value is -1.03. The van der Waals surface area contributed by atoms with Crippen LogP contribution in [0.5, 0.6) is 5.75 Å². The number of hydrogen-bond donors (Lipinski definition) is 1. The maximum Gasteiger partial charge on any atom is 0.253 e. The zero-order valence-electron chi connectivity index (χ0n) is 10.5. The minimum absolute atomic E-state index is 0.0203. The number of rotatable bonds is 1. The number of amides is 1. The van der Waals surface area contributed by atoms with Gasteiger partial charge < -0.3 is 10.0 Å². The number of carbonyl (C=O) groups is 1. The third-order valence-electron chi connectivity index (χ3n) is 3.50. The van der Waals surface area contributed by atoms with E-state index in [2.05, 4.69) is 22.9 Å². The summed E-state index contributed by atoms with van der Waals surface area (Å²) in [7, 11) is 0. The van der Waals surface area contributed by atoms with E-state index in [9.17, 15) is 9.90 Å². The second-order valence-corrected chi connectivity index (χ2v) is 5.85. The molecule has 0 spiro atoms. The highest BCUT2D eigenvalue weighted by molar-refractivity contribution is 9.10. The molecule has 1 N–H and O–H groups in total. The Morgan fingerprint density at radius 1 is 1.39 bits per heavy atom. The summed E-state index contributed by atoms with van der Waals surface area (Å²) in [4.78, 5) is 14.2. The first-order valence-electron chi connectivity index (χ1n) is 6.35. The molecule has 1 aliphatic rings. The van der Waals surface area contributed by atoms with Crippen molar-refractivity contribution in [1.29, 1.82) is 0 Å². The molecule has 0 aliphatic carbocycles. The van der Waals surface area contributed by atoms with Gasteiger partial charge in [0.2, 0.25) is 0 Å². The van der Waals surface area contributed by atoms with E-state index < -0.39 is 0 Å². The molecule has 0 radical (unpaired) electrons. The maximum absolute atomic E-state index is 12.3. The minimum atomic E-state index is 0.0203. The summed E-state index contributed by atoms with van der Waals surface area (Å²) in [5, 5.41) is 9.63. The van der Waals surface area contributed by atoms with Gasteiger partial charge >= 0.3 is 0 Å². The number of nitrogens with zero attached hydrogens (tertiary/aromatic N) is 1. The highest BCUT2D eigenvalue weighted by Gasteiger charge is 2.20. The Morgan fingerprint density at radius 2 is 2.17 bits per heavy atom. The number of likely N-dealkylation sites (tertiary alicyclic amines) is 1. The average Bonchev–Trinajstić information content (AvgIpc) is 2.57. The van der Waals surface area contributed by atoms with Crippen molar-refractivity contribution >= 4 is 21.8 Å². The molecule has 3 nitrogen and oxygen atoms in total. The van der Waals surface area contributed by atoms with Crippen LogP contribution in [0.15, 0.2) is 22.7 Å². The lowest BCUT2D eigenvalue weighted by Crippen LogP contribution is -2.31. The molecule has 0 bridgehead atoms. The van der Waals surface area contributed by atoms with Crippen molar-refractivity contribution < 1.29 is 9.90 Å². The highest BCUT2D eigenvalue weighted by Crippen LogP contribution is 2.25. The van der Waals surface area contributed by atoms with Crippen molar-refractivity contribution in [2.45, 2.75) is 26.2 Å². The number of hydrogen-bond acceptors (Lipinski definition) is 2. The van der Waals surface area contributed by atoms with E-state index >= 15 is 0 Å². The van der Waals surface area contributed by atoms with Crippen molar-refractivity contribution in [2.75, 3.05) is 13.1 Å². The lowest BCUT2D eigenvalue weighted by molar-refractivity contribution is 0.0760. The van der Waals surface area contributed by atoms with Crippen molar-refractivity contribution in [1.82, 2.24) is 4.90 Å². The number of carbonyl (C=O) groups excluding carboxylic acids is 1. The average molecular weight is 312 g/mol. The summed E-state index contributed by atoms with van der Waals surface area (Å²) in [6.07, 6.45) is 3.32. The van der Waals surface area contributed by atoms with E-state index in [1.54, 1.807) is 12.1 Å². The lowest BCUT2D eigenvalue weighted by Gasteiger charge is -2.20. The van der Waals surface area contributed by atoms with Gasteiger partial charge in [-0.1, -0.05) is 6.92 Å². The Bertz CT molecular complexity index is 447. The van der Waals surface area contributed by atoms with Crippen molar-refractivity contribution in [3.05, 3.63) is 28.2 Å². The predicted molar refractivity (Wildman–Crippen MR) is 74.7 cm³/mol. The molecule has 4 heteroatoms. The number of phenolic OH excluding ortho intramolecular Hbond substituents is 1. The molecule has 1 heterocycles. The van der Waals surface area contributed by atoms with Crippen LogP contribution in [-0.2, 0) is 0 Å². The molecule has 0 saturated carbocycles. The molecule has 1 amide bonds. The van der Waals surface area contributed by atoms with E-state index in [1.165, 1.54) is 12.5 Å². The minimum Gasteiger partial charge on any atom is -0.507 e. The SMILES string of the molecule is CC1CCCN(C(=O)c2ccc(Br)c(O)c2)CC1. The van der Waals surface area contributed by atoms with Crippen molar-refractivity contribution in [3.63, 3.8) is 0 Å². The van der Waals surface area contributed by atoms with E-state index in [4.69, 9.17) is 0 Å². The summed E-state index contributed by atoms with van der Waals surface area (Å²) in [6, 6.07) is 4.99. The predicted octanol–water partition coefficient (Wildman–Crippen LogP) is 3.42. The highest BCUT2D eigenvalue weighted by atomic mass is 79.9. The van der Waals surface area contributed by atoms with Crippen molar-refractivity contribution in [3.8, 4) is 5.75 Å². The molecule has 98 valence electrons. The summed E-state index contributed by atoms with van der Waals surface area (Å²) >= 11 is 3.22. The number of benzene rings is 1. The fourth-order valence-electron chi connectivity index (χ4n) is 2.29. The molecule has 0 aromatic heterocycles. The first kappa shape index (κ1) is 13.4. The summed E-state index contributed by atoms with van der Waals surface area (Å²) in [5.74, 6) is 0.831. The second kappa shape index (κ2) is 5.74. The third-order valence-corrected chi connectivity index (χ3v) is 4.17. The summed E-state index contributed by atoms with van der Waals surface area (Å²) in [5.41, 5.74) is 0.560. The van der Waals surface area contributed by atoms with Crippen LogP contribution in [-0.4, -0.2) is 29.0 Å². The zero-order chi connectivity index (χ0) is 13.1. The van der Waals surface area contributed by atoms with Gasteiger partial charge in [0.05, 0.1) is 4.47 Å². The molecule has 1 unspecified atom stereocenters. The van der Waals surface area contributed by atoms with E-state index in [-0.39, 0.29) is 11.7 Å². The Kier molecular flexibility index (Phi) is 4.27. The fourth-order valence-corrected chi connectivity index (χ4v) is 2.54. The normalized spacial score (nSPS) is 20.6. The van der Waals surface area contributed by atoms with Gasteiger partial charge in [-0.15, -0.1) is 0 Å². The van der Waals surface area contributed by atoms with Gasteiger partial charge in [0.15, 0.2) is 0 Å². The largest absolute Gasteiger partial charge is 0.507 e. The molecule has 1 saturated heterocycles. The zero-order valence-corrected chi connectivity index (χ0v) is 12.1. The quantitative estimate of drug-likeness (QED) is 0.863. The van der Waals surface area contributed by atoms with Gasteiger partial charge in [-0.2, -0.15) is 0 Å². The standard InChI is InChI=1S/C14H18BrNO2/c1-10-3-2-7-16(8-6-10)14(18)11-4-5-12(15)13(17)9-11/h4-5,9-10,17H,2-3,6-8H2,1H3. The van der Waals surface area contributed by atoms with Crippen LogP contribution in [0.1, 0.15) is 36.5 Å². The number of phenols is 1. The van der Waals surface area contributed by atoms with Crippen LogP contribution < -0.4 is 0 Å². The first-order valence-corrected chi connectivity index (χ1v) is 7.15. The van der Waals surface area contributed by atoms with E-state index in [0.29, 0.717) is 16.0 Å². The van der Waals surface area contributed by atoms with Gasteiger partial charge in [-0.25, -0.2) is 0 Å². The summed E-state index contributed by atoms with van der Waals surface area (Å²) in [6.45, 7) is 3.87. The van der Waals surface area contributed by atoms with Crippen LogP contribution >= 0.6 is 15.9 Å². The Balaban J connectivity index is 2.12. The summed E-state index contributed by atoms with van der Waals surface area (Å²) < 4.78 is 0.614. The molecule has 1 aromatic carbocycles. The van der Waals surface area contributed by atoms with Gasteiger partial charge in [-0.3, -0.25) is 4.79 Å². The van der Waals surface area contributed by atoms with Crippen LogP contribution in [0.25, 0.3) is 0 Å². The molecular weight excluding hydrogens is 294 g/mol. The molecule has 1 fully saturated rings. The first-order chi connectivity index (χ1) is 8.58. The molecule has 2 rings (SSSR count). The number of halogens is 1. The Labute approximate surface area is 116 Å². The topological polar surface area (TPSA) is 40.5 Å².